The Kier molecular flexibility index (Phi) is 3.41. The van der Waals surface area contributed by atoms with Gasteiger partial charge in [-0.3, -0.25) is 4.79 Å². The molecule has 2 aromatic rings. The Labute approximate surface area is 116 Å². The molecule has 104 valence electrons. The Morgan fingerprint density at radius 3 is 2.80 bits per heavy atom. The van der Waals surface area contributed by atoms with Gasteiger partial charge in [0, 0.05) is 24.5 Å². The van der Waals surface area contributed by atoms with Crippen LogP contribution in [0.15, 0.2) is 29.1 Å². The van der Waals surface area contributed by atoms with Gasteiger partial charge in [0.1, 0.15) is 5.82 Å². The van der Waals surface area contributed by atoms with Crippen LogP contribution in [-0.4, -0.2) is 23.2 Å². The fourth-order valence-corrected chi connectivity index (χ4v) is 2.15. The molecule has 0 saturated heterocycles. The molecule has 1 aliphatic rings. The number of benzene rings is 1. The number of rotatable bonds is 2. The van der Waals surface area contributed by atoms with Gasteiger partial charge in [-0.15, -0.1) is 0 Å². The van der Waals surface area contributed by atoms with Crippen LogP contribution < -0.4 is 15.0 Å². The molecule has 0 amide bonds. The number of hydrogen-bond acceptors (Lipinski definition) is 4. The normalized spacial score (nSPS) is 13.8. The summed E-state index contributed by atoms with van der Waals surface area (Å²) in [5.41, 5.74) is 1.37. The maximum atomic E-state index is 11.6. The predicted octanol–water partition coefficient (Wildman–Crippen LogP) is 2.16. The molecule has 1 N–H and O–H groups in total. The summed E-state index contributed by atoms with van der Waals surface area (Å²) < 4.78 is 11.3. The molecule has 20 heavy (non-hydrogen) atoms. The monoisotopic (exact) mass is 272 g/mol. The number of aryl methyl sites for hydroxylation is 1. The number of aromatic nitrogens is 2. The van der Waals surface area contributed by atoms with E-state index in [0.717, 1.165) is 17.7 Å². The number of H-pyrrole nitrogens is 1. The van der Waals surface area contributed by atoms with Crippen LogP contribution >= 0.6 is 0 Å². The van der Waals surface area contributed by atoms with Crippen LogP contribution in [-0.2, 0) is 6.42 Å². The molecule has 0 saturated carbocycles. The van der Waals surface area contributed by atoms with Crippen LogP contribution in [0.25, 0.3) is 11.3 Å². The van der Waals surface area contributed by atoms with E-state index >= 15 is 0 Å². The lowest BCUT2D eigenvalue weighted by molar-refractivity contribution is 0.297. The second-order valence-corrected chi connectivity index (χ2v) is 4.64. The Morgan fingerprint density at radius 1 is 1.20 bits per heavy atom. The largest absolute Gasteiger partial charge is 0.490 e. The van der Waals surface area contributed by atoms with Gasteiger partial charge < -0.3 is 14.5 Å². The third-order valence-electron chi connectivity index (χ3n) is 3.17. The average Bonchev–Trinajstić information content (AvgIpc) is 2.70. The number of ether oxygens (including phenoxy) is 2. The predicted molar refractivity (Wildman–Crippen MR) is 75.3 cm³/mol. The second-order valence-electron chi connectivity index (χ2n) is 4.64. The first-order valence-corrected chi connectivity index (χ1v) is 6.76. The zero-order chi connectivity index (χ0) is 13.9. The van der Waals surface area contributed by atoms with Gasteiger partial charge in [0.2, 0.25) is 0 Å². The van der Waals surface area contributed by atoms with Crippen molar-refractivity contribution in [1.82, 2.24) is 9.97 Å². The smallest absolute Gasteiger partial charge is 0.251 e. The van der Waals surface area contributed by atoms with Crippen molar-refractivity contribution in [3.63, 3.8) is 0 Å². The average molecular weight is 272 g/mol. The summed E-state index contributed by atoms with van der Waals surface area (Å²) in [7, 11) is 0. The number of fused-ring (bicyclic) bond motifs is 1. The van der Waals surface area contributed by atoms with Crippen LogP contribution in [0, 0.1) is 0 Å². The fraction of sp³-hybridized carbons (Fsp3) is 0.333. The number of aromatic amines is 1. The van der Waals surface area contributed by atoms with Crippen molar-refractivity contribution < 1.29 is 9.47 Å². The van der Waals surface area contributed by atoms with Gasteiger partial charge in [-0.05, 0) is 18.2 Å². The molecular formula is C15H16N2O3. The first-order valence-electron chi connectivity index (χ1n) is 6.76. The number of nitrogens with zero attached hydrogens (tertiary/aromatic N) is 1. The third kappa shape index (κ3) is 2.52. The molecular weight excluding hydrogens is 256 g/mol. The van der Waals surface area contributed by atoms with Crippen molar-refractivity contribution in [3.8, 4) is 22.8 Å². The molecule has 0 radical (unpaired) electrons. The minimum Gasteiger partial charge on any atom is -0.490 e. The van der Waals surface area contributed by atoms with Crippen molar-refractivity contribution in [1.29, 1.82) is 0 Å². The van der Waals surface area contributed by atoms with E-state index in [2.05, 4.69) is 9.97 Å². The lowest BCUT2D eigenvalue weighted by atomic mass is 10.1. The molecule has 3 rings (SSSR count). The molecule has 5 nitrogen and oxygen atoms in total. The summed E-state index contributed by atoms with van der Waals surface area (Å²) in [4.78, 5) is 18.8. The van der Waals surface area contributed by atoms with Crippen LogP contribution in [0.5, 0.6) is 11.5 Å². The first-order chi connectivity index (χ1) is 9.76. The van der Waals surface area contributed by atoms with Gasteiger partial charge in [0.15, 0.2) is 11.5 Å². The quantitative estimate of drug-likeness (QED) is 0.910. The van der Waals surface area contributed by atoms with E-state index in [9.17, 15) is 4.79 Å². The summed E-state index contributed by atoms with van der Waals surface area (Å²) in [5, 5.41) is 0. The highest BCUT2D eigenvalue weighted by molar-refractivity contribution is 5.63. The maximum absolute atomic E-state index is 11.6. The molecule has 5 heteroatoms. The van der Waals surface area contributed by atoms with E-state index in [0.29, 0.717) is 36.9 Å². The minimum absolute atomic E-state index is 0.140. The van der Waals surface area contributed by atoms with Gasteiger partial charge in [0.25, 0.3) is 5.56 Å². The van der Waals surface area contributed by atoms with Crippen molar-refractivity contribution >= 4 is 0 Å². The molecule has 1 aromatic heterocycles. The molecule has 1 aromatic carbocycles. The highest BCUT2D eigenvalue weighted by Gasteiger charge is 2.12. The Bertz CT molecular complexity index is 679. The van der Waals surface area contributed by atoms with Crippen LogP contribution in [0.3, 0.4) is 0 Å². The highest BCUT2D eigenvalue weighted by atomic mass is 16.5. The third-order valence-corrected chi connectivity index (χ3v) is 3.17. The van der Waals surface area contributed by atoms with Gasteiger partial charge >= 0.3 is 0 Å². The van der Waals surface area contributed by atoms with E-state index in [-0.39, 0.29) is 5.56 Å². The summed E-state index contributed by atoms with van der Waals surface area (Å²) in [6.45, 7) is 3.26. The number of nitrogens with one attached hydrogen (secondary N) is 1. The Morgan fingerprint density at radius 2 is 2.00 bits per heavy atom. The molecule has 0 spiro atoms. The lowest BCUT2D eigenvalue weighted by Crippen LogP contribution is -2.10. The van der Waals surface area contributed by atoms with E-state index in [1.165, 1.54) is 6.07 Å². The lowest BCUT2D eigenvalue weighted by Gasteiger charge is -2.09. The Balaban J connectivity index is 2.04. The molecule has 0 bridgehead atoms. The molecule has 2 heterocycles. The van der Waals surface area contributed by atoms with Crippen LogP contribution in [0.1, 0.15) is 19.2 Å². The van der Waals surface area contributed by atoms with Gasteiger partial charge in [-0.1, -0.05) is 6.92 Å². The fourth-order valence-electron chi connectivity index (χ4n) is 2.15. The first kappa shape index (κ1) is 12.7. The van der Waals surface area contributed by atoms with Crippen molar-refractivity contribution in [3.05, 3.63) is 40.4 Å². The minimum atomic E-state index is -0.140. The zero-order valence-electron chi connectivity index (χ0n) is 11.3. The molecule has 0 atom stereocenters. The number of hydrogen-bond donors (Lipinski definition) is 1. The standard InChI is InChI=1S/C15H16N2O3/c1-2-14-16-11(9-15(18)17-14)10-4-5-12-13(8-10)20-7-3-6-19-12/h4-5,8-9H,2-3,6-7H2,1H3,(H,16,17,18). The highest BCUT2D eigenvalue weighted by Crippen LogP contribution is 2.33. The second kappa shape index (κ2) is 5.36. The van der Waals surface area contributed by atoms with E-state index in [4.69, 9.17) is 9.47 Å². The van der Waals surface area contributed by atoms with Crippen molar-refractivity contribution in [2.24, 2.45) is 0 Å². The topological polar surface area (TPSA) is 64.2 Å². The van der Waals surface area contributed by atoms with E-state index in [1.54, 1.807) is 0 Å². The molecule has 0 aliphatic carbocycles. The van der Waals surface area contributed by atoms with Gasteiger partial charge in [-0.2, -0.15) is 0 Å². The van der Waals surface area contributed by atoms with Gasteiger partial charge in [-0.25, -0.2) is 4.98 Å². The van der Waals surface area contributed by atoms with Crippen molar-refractivity contribution in [2.75, 3.05) is 13.2 Å². The Hall–Kier alpha value is -2.30. The van der Waals surface area contributed by atoms with Crippen LogP contribution in [0.2, 0.25) is 0 Å². The summed E-state index contributed by atoms with van der Waals surface area (Å²) in [6.07, 6.45) is 1.56. The van der Waals surface area contributed by atoms with Gasteiger partial charge in [0.05, 0.1) is 18.9 Å². The molecule has 1 aliphatic heterocycles. The molecule has 0 unspecified atom stereocenters. The summed E-state index contributed by atoms with van der Waals surface area (Å²) in [6, 6.07) is 7.14. The van der Waals surface area contributed by atoms with Crippen molar-refractivity contribution in [2.45, 2.75) is 19.8 Å². The summed E-state index contributed by atoms with van der Waals surface area (Å²) in [5.74, 6) is 2.13. The SMILES string of the molecule is CCc1nc(-c2ccc3c(c2)OCCCO3)cc(=O)[nH]1. The maximum Gasteiger partial charge on any atom is 0.251 e. The van der Waals surface area contributed by atoms with Crippen LogP contribution in [0.4, 0.5) is 0 Å². The summed E-state index contributed by atoms with van der Waals surface area (Å²) >= 11 is 0. The van der Waals surface area contributed by atoms with E-state index in [1.807, 2.05) is 25.1 Å². The molecule has 0 fully saturated rings. The zero-order valence-corrected chi connectivity index (χ0v) is 11.3. The van der Waals surface area contributed by atoms with E-state index < -0.39 is 0 Å².